The molecule has 0 aromatic carbocycles. The first kappa shape index (κ1) is 14.0. The van der Waals surface area contributed by atoms with E-state index in [1.54, 1.807) is 7.05 Å². The fourth-order valence-electron chi connectivity index (χ4n) is 2.32. The molecule has 0 aromatic rings. The van der Waals surface area contributed by atoms with Crippen LogP contribution in [0.4, 0.5) is 0 Å². The molecule has 1 aliphatic carbocycles. The number of aliphatic carboxylic acids is 1. The number of likely N-dealkylation sites (N-methyl/N-ethyl adjacent to an activating group) is 1. The summed E-state index contributed by atoms with van der Waals surface area (Å²) >= 11 is 0. The number of carbonyl (C=O) groups is 2. The van der Waals surface area contributed by atoms with Crippen LogP contribution in [0.1, 0.15) is 32.6 Å². The van der Waals surface area contributed by atoms with Crippen LogP contribution in [0, 0.1) is 5.92 Å². The van der Waals surface area contributed by atoms with Gasteiger partial charge in [-0.2, -0.15) is 0 Å². The molecule has 17 heavy (non-hydrogen) atoms. The second kappa shape index (κ2) is 6.59. The first-order chi connectivity index (χ1) is 7.99. The lowest BCUT2D eigenvalue weighted by Crippen LogP contribution is -2.45. The monoisotopic (exact) mass is 242 g/mol. The van der Waals surface area contributed by atoms with Crippen LogP contribution in [0.15, 0.2) is 0 Å². The zero-order valence-electron chi connectivity index (χ0n) is 10.6. The van der Waals surface area contributed by atoms with Crippen LogP contribution in [-0.4, -0.2) is 48.1 Å². The average molecular weight is 242 g/mol. The van der Waals surface area contributed by atoms with Crippen molar-refractivity contribution >= 4 is 11.9 Å². The Morgan fingerprint density at radius 1 is 1.29 bits per heavy atom. The van der Waals surface area contributed by atoms with Crippen molar-refractivity contribution < 1.29 is 14.7 Å². The van der Waals surface area contributed by atoms with Gasteiger partial charge in [0.2, 0.25) is 5.91 Å². The van der Waals surface area contributed by atoms with Gasteiger partial charge in [-0.15, -0.1) is 0 Å². The summed E-state index contributed by atoms with van der Waals surface area (Å²) in [6, 6.07) is 0.259. The first-order valence-corrected chi connectivity index (χ1v) is 6.18. The maximum Gasteiger partial charge on any atom is 0.317 e. The number of rotatable bonds is 5. The summed E-state index contributed by atoms with van der Waals surface area (Å²) in [4.78, 5) is 23.7. The van der Waals surface area contributed by atoms with Gasteiger partial charge in [-0.05, 0) is 25.8 Å². The summed E-state index contributed by atoms with van der Waals surface area (Å²) in [7, 11) is 1.64. The number of nitrogens with one attached hydrogen (secondary N) is 1. The average Bonchev–Trinajstić information content (AvgIpc) is 2.19. The van der Waals surface area contributed by atoms with Gasteiger partial charge in [0.25, 0.3) is 0 Å². The Labute approximate surface area is 102 Å². The van der Waals surface area contributed by atoms with E-state index in [4.69, 9.17) is 5.11 Å². The van der Waals surface area contributed by atoms with Crippen molar-refractivity contribution in [2.75, 3.05) is 20.1 Å². The quantitative estimate of drug-likeness (QED) is 0.744. The van der Waals surface area contributed by atoms with Crippen molar-refractivity contribution in [3.63, 3.8) is 0 Å². The summed E-state index contributed by atoms with van der Waals surface area (Å²) in [5.74, 6) is -0.462. The van der Waals surface area contributed by atoms with E-state index in [0.717, 1.165) is 12.8 Å². The van der Waals surface area contributed by atoms with Crippen molar-refractivity contribution in [1.82, 2.24) is 10.2 Å². The van der Waals surface area contributed by atoms with Crippen LogP contribution in [0.25, 0.3) is 0 Å². The van der Waals surface area contributed by atoms with Crippen LogP contribution in [0.2, 0.25) is 0 Å². The Morgan fingerprint density at radius 2 is 1.94 bits per heavy atom. The number of carboxylic acids is 1. The molecular weight excluding hydrogens is 220 g/mol. The molecule has 0 unspecified atom stereocenters. The van der Waals surface area contributed by atoms with E-state index in [9.17, 15) is 9.59 Å². The molecule has 0 heterocycles. The maximum atomic E-state index is 11.7. The molecule has 2 atom stereocenters. The van der Waals surface area contributed by atoms with Gasteiger partial charge in [-0.25, -0.2) is 0 Å². The summed E-state index contributed by atoms with van der Waals surface area (Å²) in [6.07, 6.45) is 4.61. The summed E-state index contributed by atoms with van der Waals surface area (Å²) in [6.45, 7) is 2.20. The Balaban J connectivity index is 2.30. The van der Waals surface area contributed by atoms with Gasteiger partial charge in [0, 0.05) is 6.04 Å². The number of amides is 1. The lowest BCUT2D eigenvalue weighted by molar-refractivity contribution is -0.138. The third kappa shape index (κ3) is 5.17. The molecular formula is C12H22N2O3. The summed E-state index contributed by atoms with van der Waals surface area (Å²) in [5.41, 5.74) is 0. The topological polar surface area (TPSA) is 69.6 Å². The molecule has 2 N–H and O–H groups in total. The minimum absolute atomic E-state index is 0.0764. The second-order valence-corrected chi connectivity index (χ2v) is 5.00. The van der Waals surface area contributed by atoms with Crippen molar-refractivity contribution in [3.8, 4) is 0 Å². The standard InChI is InChI=1S/C12H22N2O3/c1-9-5-3-4-6-10(9)13-11(15)7-14(2)8-12(16)17/h9-10H,3-8H2,1-2H3,(H,13,15)(H,16,17)/t9-,10+/m0/s1. The molecule has 1 aliphatic rings. The third-order valence-electron chi connectivity index (χ3n) is 3.28. The van der Waals surface area contributed by atoms with E-state index in [1.165, 1.54) is 17.7 Å². The highest BCUT2D eigenvalue weighted by Crippen LogP contribution is 2.23. The number of nitrogens with zero attached hydrogens (tertiary/aromatic N) is 1. The van der Waals surface area contributed by atoms with E-state index in [2.05, 4.69) is 12.2 Å². The molecule has 1 rings (SSSR count). The molecule has 0 bridgehead atoms. The fraction of sp³-hybridized carbons (Fsp3) is 0.833. The molecule has 0 saturated heterocycles. The van der Waals surface area contributed by atoms with Gasteiger partial charge >= 0.3 is 5.97 Å². The molecule has 98 valence electrons. The van der Waals surface area contributed by atoms with Gasteiger partial charge in [-0.1, -0.05) is 19.8 Å². The van der Waals surface area contributed by atoms with Gasteiger partial charge in [0.15, 0.2) is 0 Å². The molecule has 1 fully saturated rings. The van der Waals surface area contributed by atoms with Crippen LogP contribution in [0.3, 0.4) is 0 Å². The normalized spacial score (nSPS) is 24.6. The van der Waals surface area contributed by atoms with E-state index >= 15 is 0 Å². The predicted octanol–water partition coefficient (Wildman–Crippen LogP) is 0.698. The zero-order chi connectivity index (χ0) is 12.8. The van der Waals surface area contributed by atoms with Crippen LogP contribution in [-0.2, 0) is 9.59 Å². The van der Waals surface area contributed by atoms with Crippen molar-refractivity contribution in [3.05, 3.63) is 0 Å². The SMILES string of the molecule is C[C@H]1CCCC[C@H]1NC(=O)CN(C)CC(=O)O. The van der Waals surface area contributed by atoms with E-state index < -0.39 is 5.97 Å². The minimum atomic E-state index is -0.911. The lowest BCUT2D eigenvalue weighted by Gasteiger charge is -2.30. The molecule has 0 spiro atoms. The first-order valence-electron chi connectivity index (χ1n) is 6.18. The predicted molar refractivity (Wildman–Crippen MR) is 64.7 cm³/mol. The van der Waals surface area contributed by atoms with E-state index in [1.807, 2.05) is 0 Å². The van der Waals surface area contributed by atoms with Crippen LogP contribution < -0.4 is 5.32 Å². The van der Waals surface area contributed by atoms with Crippen LogP contribution in [0.5, 0.6) is 0 Å². The highest BCUT2D eigenvalue weighted by Gasteiger charge is 2.23. The van der Waals surface area contributed by atoms with E-state index in [-0.39, 0.29) is 25.0 Å². The Hall–Kier alpha value is -1.10. The highest BCUT2D eigenvalue weighted by atomic mass is 16.4. The Kier molecular flexibility index (Phi) is 5.41. The van der Waals surface area contributed by atoms with Crippen molar-refractivity contribution in [1.29, 1.82) is 0 Å². The maximum absolute atomic E-state index is 11.7. The molecule has 5 heteroatoms. The van der Waals surface area contributed by atoms with Gasteiger partial charge in [0.1, 0.15) is 0 Å². The molecule has 5 nitrogen and oxygen atoms in total. The summed E-state index contributed by atoms with van der Waals surface area (Å²) in [5, 5.41) is 11.6. The largest absolute Gasteiger partial charge is 0.480 e. The zero-order valence-corrected chi connectivity index (χ0v) is 10.6. The van der Waals surface area contributed by atoms with Gasteiger partial charge in [0.05, 0.1) is 13.1 Å². The van der Waals surface area contributed by atoms with Gasteiger partial charge < -0.3 is 10.4 Å². The third-order valence-corrected chi connectivity index (χ3v) is 3.28. The van der Waals surface area contributed by atoms with E-state index in [0.29, 0.717) is 5.92 Å². The summed E-state index contributed by atoms with van der Waals surface area (Å²) < 4.78 is 0. The molecule has 0 aromatic heterocycles. The Morgan fingerprint density at radius 3 is 2.53 bits per heavy atom. The second-order valence-electron chi connectivity index (χ2n) is 5.00. The highest BCUT2D eigenvalue weighted by molar-refractivity contribution is 5.79. The molecule has 0 radical (unpaired) electrons. The fourth-order valence-corrected chi connectivity index (χ4v) is 2.32. The molecule has 1 saturated carbocycles. The lowest BCUT2D eigenvalue weighted by atomic mass is 9.86. The number of hydrogen-bond donors (Lipinski definition) is 2. The van der Waals surface area contributed by atoms with Crippen LogP contribution >= 0.6 is 0 Å². The van der Waals surface area contributed by atoms with Crippen molar-refractivity contribution in [2.45, 2.75) is 38.6 Å². The van der Waals surface area contributed by atoms with Gasteiger partial charge in [-0.3, -0.25) is 14.5 Å². The molecule has 0 aliphatic heterocycles. The molecule has 1 amide bonds. The number of carboxylic acid groups (broad SMARTS) is 1. The number of carbonyl (C=O) groups excluding carboxylic acids is 1. The Bertz CT molecular complexity index is 281. The minimum Gasteiger partial charge on any atom is -0.480 e. The smallest absolute Gasteiger partial charge is 0.317 e. The number of hydrogen-bond acceptors (Lipinski definition) is 3. The van der Waals surface area contributed by atoms with Crippen molar-refractivity contribution in [2.24, 2.45) is 5.92 Å².